The van der Waals surface area contributed by atoms with E-state index in [4.69, 9.17) is 0 Å². The molecule has 4 heteroatoms. The van der Waals surface area contributed by atoms with E-state index in [1.807, 2.05) is 0 Å². The second kappa shape index (κ2) is 17.2. The zero-order chi connectivity index (χ0) is 54.6. The monoisotopic (exact) mass is 1030 g/mol. The van der Waals surface area contributed by atoms with Crippen molar-refractivity contribution in [1.82, 2.24) is 0 Å². The number of nitrogens with zero attached hydrogens (tertiary/aromatic N) is 3. The Balaban J connectivity index is 1.14. The first-order valence-corrected chi connectivity index (χ1v) is 29.3. The Labute approximate surface area is 471 Å². The maximum atomic E-state index is 2.83. The molecule has 392 valence electrons. The van der Waals surface area contributed by atoms with Crippen LogP contribution in [0.5, 0.6) is 0 Å². The Morgan fingerprint density at radius 2 is 0.873 bits per heavy atom. The van der Waals surface area contributed by atoms with Gasteiger partial charge in [0.1, 0.15) is 0 Å². The topological polar surface area (TPSA) is 9.72 Å². The quantitative estimate of drug-likeness (QED) is 0.154. The fraction of sp³-hybridized carbons (Fsp3) is 0.280. The largest absolute Gasteiger partial charge is 0.334 e. The van der Waals surface area contributed by atoms with E-state index in [1.54, 1.807) is 0 Å². The second-order valence-electron chi connectivity index (χ2n) is 27.2. The summed E-state index contributed by atoms with van der Waals surface area (Å²) in [5.74, 6) is 0. The second-order valence-corrected chi connectivity index (χ2v) is 27.2. The van der Waals surface area contributed by atoms with Crippen LogP contribution in [0.4, 0.5) is 45.5 Å². The van der Waals surface area contributed by atoms with Crippen LogP contribution in [0.3, 0.4) is 0 Å². The summed E-state index contributed by atoms with van der Waals surface area (Å²) in [6.07, 6.45) is 4.73. The van der Waals surface area contributed by atoms with Gasteiger partial charge in [0.05, 0.1) is 16.6 Å². The van der Waals surface area contributed by atoms with Crippen molar-refractivity contribution in [3.05, 3.63) is 245 Å². The van der Waals surface area contributed by atoms with Crippen LogP contribution < -0.4 is 31.1 Å². The summed E-state index contributed by atoms with van der Waals surface area (Å²) in [5, 5.41) is 0. The van der Waals surface area contributed by atoms with E-state index in [-0.39, 0.29) is 33.9 Å². The lowest BCUT2D eigenvalue weighted by molar-refractivity contribution is 0.195. The molecule has 2 atom stereocenters. The van der Waals surface area contributed by atoms with Crippen LogP contribution in [0.2, 0.25) is 0 Å². The summed E-state index contributed by atoms with van der Waals surface area (Å²) in [6, 6.07) is 78.3. The van der Waals surface area contributed by atoms with Crippen LogP contribution in [0.15, 0.2) is 200 Å². The highest BCUT2D eigenvalue weighted by atomic mass is 15.3. The van der Waals surface area contributed by atoms with Crippen LogP contribution in [0.25, 0.3) is 11.1 Å². The minimum atomic E-state index is -0.633. The van der Waals surface area contributed by atoms with Crippen molar-refractivity contribution in [3.63, 3.8) is 0 Å². The lowest BCUT2D eigenvalue weighted by atomic mass is 9.28. The maximum absolute atomic E-state index is 2.83. The molecule has 0 saturated heterocycles. The van der Waals surface area contributed by atoms with Gasteiger partial charge in [-0.15, -0.1) is 0 Å². The molecular weight excluding hydrogens is 954 g/mol. The van der Waals surface area contributed by atoms with Crippen molar-refractivity contribution in [2.24, 2.45) is 0 Å². The Morgan fingerprint density at radius 1 is 0.380 bits per heavy atom. The number of fused-ring (bicyclic) bond motifs is 3. The molecule has 0 amide bonds. The Morgan fingerprint density at radius 3 is 1.46 bits per heavy atom. The molecule has 1 aliphatic carbocycles. The lowest BCUT2D eigenvalue weighted by Crippen LogP contribution is -2.68. The fourth-order valence-corrected chi connectivity index (χ4v) is 15.5. The van der Waals surface area contributed by atoms with Crippen molar-refractivity contribution in [1.29, 1.82) is 0 Å². The third-order valence-electron chi connectivity index (χ3n) is 19.8. The van der Waals surface area contributed by atoms with Crippen LogP contribution in [0.1, 0.15) is 146 Å². The van der Waals surface area contributed by atoms with Gasteiger partial charge in [-0.3, -0.25) is 0 Å². The average Bonchev–Trinajstić information content (AvgIpc) is 1.91. The van der Waals surface area contributed by atoms with Gasteiger partial charge in [0.25, 0.3) is 6.71 Å². The van der Waals surface area contributed by atoms with Crippen molar-refractivity contribution in [2.45, 2.75) is 134 Å². The zero-order valence-electron chi connectivity index (χ0n) is 48.3. The number of hydrogen-bond acceptors (Lipinski definition) is 3. The predicted octanol–water partition coefficient (Wildman–Crippen LogP) is 17.8. The molecule has 79 heavy (non-hydrogen) atoms. The van der Waals surface area contributed by atoms with Gasteiger partial charge >= 0.3 is 0 Å². The first-order valence-electron chi connectivity index (χ1n) is 29.3. The molecule has 1 fully saturated rings. The third-order valence-corrected chi connectivity index (χ3v) is 19.8. The molecule has 1 saturated carbocycles. The molecule has 5 aliphatic rings. The summed E-state index contributed by atoms with van der Waals surface area (Å²) in [7, 11) is 0. The highest BCUT2D eigenvalue weighted by Gasteiger charge is 2.59. The van der Waals surface area contributed by atoms with E-state index in [1.165, 1.54) is 130 Å². The molecule has 0 radical (unpaired) electrons. The number of para-hydroxylation sites is 1. The highest BCUT2D eigenvalue weighted by molar-refractivity contribution is 7.01. The summed E-state index contributed by atoms with van der Waals surface area (Å²) >= 11 is 0. The van der Waals surface area contributed by atoms with E-state index >= 15 is 0 Å². The lowest BCUT2D eigenvalue weighted by Gasteiger charge is -2.53. The summed E-state index contributed by atoms with van der Waals surface area (Å²) < 4.78 is 0. The van der Waals surface area contributed by atoms with Gasteiger partial charge in [-0.05, 0) is 151 Å². The molecule has 14 rings (SSSR count). The van der Waals surface area contributed by atoms with Gasteiger partial charge in [-0.1, -0.05) is 234 Å². The average molecular weight is 1030 g/mol. The molecule has 9 aromatic carbocycles. The molecule has 0 N–H and O–H groups in total. The van der Waals surface area contributed by atoms with Crippen molar-refractivity contribution in [3.8, 4) is 11.1 Å². The highest BCUT2D eigenvalue weighted by Crippen LogP contribution is 2.63. The van der Waals surface area contributed by atoms with Crippen molar-refractivity contribution >= 4 is 68.6 Å². The summed E-state index contributed by atoms with van der Waals surface area (Å²) in [5.41, 5.74) is 26.5. The van der Waals surface area contributed by atoms with Gasteiger partial charge in [0.2, 0.25) is 0 Å². The van der Waals surface area contributed by atoms with E-state index in [9.17, 15) is 0 Å². The van der Waals surface area contributed by atoms with Crippen LogP contribution in [-0.4, -0.2) is 12.3 Å². The van der Waals surface area contributed by atoms with Crippen LogP contribution in [-0.2, 0) is 27.1 Å². The Bertz CT molecular complexity index is 3850. The van der Waals surface area contributed by atoms with Crippen molar-refractivity contribution in [2.75, 3.05) is 14.7 Å². The third kappa shape index (κ3) is 7.04. The molecule has 0 aromatic heterocycles. The minimum absolute atomic E-state index is 0.000641. The molecule has 0 spiro atoms. The van der Waals surface area contributed by atoms with E-state index in [0.29, 0.717) is 0 Å². The van der Waals surface area contributed by atoms with E-state index in [0.717, 1.165) is 12.8 Å². The van der Waals surface area contributed by atoms with Gasteiger partial charge in [-0.25, -0.2) is 0 Å². The SMILES string of the molecule is CC(C)(C)c1ccc(-c2ccccc2N2c3cc(N4c5ccc(C(C)(C)C)cc5C5(C)CCCCC45C)cc4c3B3c5c(cccc5C(c5ccccc5)(c5ccccc5)c5cccc2c53)N4c2ccc(C(C)(C)C)cc2)cc1. The smallest absolute Gasteiger partial charge is 0.253 e. The molecular formula is C75H74BN3. The zero-order valence-corrected chi connectivity index (χ0v) is 48.3. The fourth-order valence-electron chi connectivity index (χ4n) is 15.5. The van der Waals surface area contributed by atoms with Gasteiger partial charge in [-0.2, -0.15) is 0 Å². The Kier molecular flexibility index (Phi) is 10.8. The van der Waals surface area contributed by atoms with Crippen LogP contribution >= 0.6 is 0 Å². The number of anilines is 8. The Hall–Kier alpha value is -7.56. The normalized spacial score (nSPS) is 19.5. The van der Waals surface area contributed by atoms with Gasteiger partial charge in [0, 0.05) is 50.8 Å². The molecule has 0 bridgehead atoms. The molecule has 2 unspecified atom stereocenters. The first-order chi connectivity index (χ1) is 37.8. The molecule has 4 aliphatic heterocycles. The summed E-state index contributed by atoms with van der Waals surface area (Å²) in [6.45, 7) is 26.2. The first kappa shape index (κ1) is 49.7. The molecule has 3 nitrogen and oxygen atoms in total. The minimum Gasteiger partial charge on any atom is -0.334 e. The van der Waals surface area contributed by atoms with E-state index in [2.05, 4.69) is 291 Å². The molecule has 4 heterocycles. The van der Waals surface area contributed by atoms with E-state index < -0.39 is 5.41 Å². The van der Waals surface area contributed by atoms with Crippen LogP contribution in [0, 0.1) is 0 Å². The van der Waals surface area contributed by atoms with Gasteiger partial charge < -0.3 is 14.7 Å². The van der Waals surface area contributed by atoms with Crippen molar-refractivity contribution < 1.29 is 0 Å². The summed E-state index contributed by atoms with van der Waals surface area (Å²) in [4.78, 5) is 8.20. The number of rotatable bonds is 6. The number of benzene rings is 9. The predicted molar refractivity (Wildman–Crippen MR) is 337 cm³/mol. The van der Waals surface area contributed by atoms with Gasteiger partial charge in [0.15, 0.2) is 0 Å². The maximum Gasteiger partial charge on any atom is 0.253 e. The molecule has 9 aromatic rings. The number of hydrogen-bond donors (Lipinski definition) is 0. The standard InChI is InChI=1S/C75H74BN3/c1-70(2,3)50-36-34-49(35-37-50)57-28-18-19-31-61(57)78-64-33-23-30-59-68(64)76-67-58(75(59,52-24-14-12-15-25-52)53-26-16-13-17-27-53)29-22-32-63(67)77(55-41-38-51(39-42-55)71(4,5)6)65-47-56(48-66(78)69(65)76)79-62-43-40-54(72(7,8)9)46-60(62)73(10)44-20-21-45-74(73,79)11/h12-19,22-43,46-48H,20-21,44-45H2,1-11H3.